The molecule has 1 aromatic rings. The van der Waals surface area contributed by atoms with Gasteiger partial charge in [-0.15, -0.1) is 0 Å². The summed E-state index contributed by atoms with van der Waals surface area (Å²) in [4.78, 5) is 75.6. The second-order valence-corrected chi connectivity index (χ2v) is 8.23. The number of nitrogens with two attached hydrogens (primary N) is 1. The van der Waals surface area contributed by atoms with Crippen LogP contribution in [0.3, 0.4) is 0 Å². The number of amides is 2. The molecule has 0 aromatic heterocycles. The Balaban J connectivity index is 0.00000365. The highest BCUT2D eigenvalue weighted by molar-refractivity contribution is 5.99. The molecule has 190 valence electrons. The van der Waals surface area contributed by atoms with Gasteiger partial charge in [-0.05, 0) is 30.4 Å². The number of hydrogen-bond acceptors (Lipinski definition) is 7. The minimum Gasteiger partial charge on any atom is -0.478 e. The lowest BCUT2D eigenvalue weighted by atomic mass is 9.89. The first-order valence-corrected chi connectivity index (χ1v) is 11.1. The van der Waals surface area contributed by atoms with E-state index < -0.39 is 29.7 Å². The average molecular weight is 489 g/mol. The van der Waals surface area contributed by atoms with Crippen molar-refractivity contribution in [2.45, 2.75) is 58.9 Å². The Labute approximate surface area is 203 Å². The second kappa shape index (κ2) is 16.7. The lowest BCUT2D eigenvalue weighted by Crippen LogP contribution is -2.42. The van der Waals surface area contributed by atoms with Crippen LogP contribution >= 0.6 is 0 Å². The molecule has 0 aliphatic heterocycles. The number of Topliss-reactive ketones (excluding diaryl/α,β-unsaturated/α-hetero) is 2. The van der Waals surface area contributed by atoms with Gasteiger partial charge in [-0.3, -0.25) is 19.2 Å². The van der Waals surface area contributed by atoms with Crippen LogP contribution in [0.4, 0.5) is 0 Å². The second-order valence-electron chi connectivity index (χ2n) is 8.23. The quantitative estimate of drug-likeness (QED) is 0.263. The largest absolute Gasteiger partial charge is 0.478 e. The number of carbonyl (C=O) groups is 5. The zero-order valence-electron chi connectivity index (χ0n) is 20.1. The number of ketones is 2. The molecule has 0 aliphatic carbocycles. The van der Waals surface area contributed by atoms with E-state index in [-0.39, 0.29) is 42.9 Å². The van der Waals surface area contributed by atoms with Gasteiger partial charge in [-0.25, -0.2) is 4.79 Å². The summed E-state index contributed by atoms with van der Waals surface area (Å²) in [5.41, 5.74) is 6.45. The number of rotatable bonds is 14. The first-order chi connectivity index (χ1) is 16.4. The number of carboxylic acid groups (broad SMARTS) is 1. The number of nitrogens with one attached hydrogen (secondary N) is 1. The molecular weight excluding hydrogens is 456 g/mol. The first kappa shape index (κ1) is 31.1. The number of carboxylic acids is 1. The predicted octanol–water partition coefficient (Wildman–Crippen LogP) is 2.17. The van der Waals surface area contributed by atoms with E-state index in [4.69, 9.17) is 20.4 Å². The van der Waals surface area contributed by atoms with Gasteiger partial charge in [0.1, 0.15) is 0 Å². The standard InChI is InChI=1S/C24H32N2O6.CO2/c1-4-19(21(28)14-18(24(25)32)13-15(2)3)26-22(29)11-10-20(27)17-8-5-16(6-9-17)7-12-23(30)31;2-1-3/h5-9,12,15,18-19H,4,10-11,13-14H2,1-3H3,(H2,25,32)(H,26,29)(H,30,31);/b12-7+;/t18?,19-;/m0./s1. The van der Waals surface area contributed by atoms with Crippen molar-refractivity contribution in [3.05, 3.63) is 41.5 Å². The summed E-state index contributed by atoms with van der Waals surface area (Å²) in [6.45, 7) is 5.64. The average Bonchev–Trinajstić information content (AvgIpc) is 2.79. The van der Waals surface area contributed by atoms with Gasteiger partial charge in [0.2, 0.25) is 11.8 Å². The molecule has 2 amide bonds. The number of primary amides is 1. The fourth-order valence-corrected chi connectivity index (χ4v) is 3.25. The van der Waals surface area contributed by atoms with Crippen molar-refractivity contribution >= 4 is 41.6 Å². The zero-order chi connectivity index (χ0) is 27.0. The number of benzene rings is 1. The van der Waals surface area contributed by atoms with Crippen molar-refractivity contribution in [2.24, 2.45) is 17.6 Å². The van der Waals surface area contributed by atoms with Crippen molar-refractivity contribution in [1.29, 1.82) is 0 Å². The van der Waals surface area contributed by atoms with Crippen LogP contribution in [0.25, 0.3) is 6.08 Å². The van der Waals surface area contributed by atoms with Crippen molar-refractivity contribution in [3.8, 4) is 0 Å². The van der Waals surface area contributed by atoms with Gasteiger partial charge in [0, 0.05) is 36.8 Å². The van der Waals surface area contributed by atoms with Crippen LogP contribution in [0.1, 0.15) is 68.8 Å². The molecule has 10 nitrogen and oxygen atoms in total. The maximum Gasteiger partial charge on any atom is 0.373 e. The van der Waals surface area contributed by atoms with Crippen LogP contribution in [0, 0.1) is 11.8 Å². The molecule has 0 radical (unpaired) electrons. The zero-order valence-corrected chi connectivity index (χ0v) is 20.1. The summed E-state index contributed by atoms with van der Waals surface area (Å²) >= 11 is 0. The van der Waals surface area contributed by atoms with Crippen LogP contribution in [0.15, 0.2) is 30.3 Å². The number of aliphatic carboxylic acids is 1. The van der Waals surface area contributed by atoms with Gasteiger partial charge in [0.05, 0.1) is 6.04 Å². The molecule has 0 saturated carbocycles. The van der Waals surface area contributed by atoms with Gasteiger partial charge in [-0.2, -0.15) is 9.59 Å². The highest BCUT2D eigenvalue weighted by Crippen LogP contribution is 2.17. The Morgan fingerprint density at radius 3 is 2.09 bits per heavy atom. The summed E-state index contributed by atoms with van der Waals surface area (Å²) < 4.78 is 0. The van der Waals surface area contributed by atoms with E-state index >= 15 is 0 Å². The van der Waals surface area contributed by atoms with Crippen molar-refractivity contribution in [2.75, 3.05) is 0 Å². The van der Waals surface area contributed by atoms with Gasteiger partial charge in [-0.1, -0.05) is 45.0 Å². The molecular formula is C25H32N2O8. The van der Waals surface area contributed by atoms with Gasteiger partial charge >= 0.3 is 12.1 Å². The Hall–Kier alpha value is -3.91. The van der Waals surface area contributed by atoms with E-state index in [0.29, 0.717) is 24.0 Å². The predicted molar refractivity (Wildman–Crippen MR) is 126 cm³/mol. The molecule has 0 heterocycles. The topological polar surface area (TPSA) is 178 Å². The molecule has 0 bridgehead atoms. The summed E-state index contributed by atoms with van der Waals surface area (Å²) in [5.74, 6) is -2.85. The molecule has 0 saturated heterocycles. The summed E-state index contributed by atoms with van der Waals surface area (Å²) in [6, 6.07) is 5.64. The fourth-order valence-electron chi connectivity index (χ4n) is 3.25. The third-order valence-corrected chi connectivity index (χ3v) is 4.97. The Morgan fingerprint density at radius 2 is 1.63 bits per heavy atom. The Bertz CT molecular complexity index is 945. The normalized spacial score (nSPS) is 12.1. The minimum absolute atomic E-state index is 0.0199. The minimum atomic E-state index is -1.06. The SMILES string of the molecule is CC[C@H](NC(=O)CCC(=O)c1ccc(/C=C/C(=O)O)cc1)C(=O)CC(CC(C)C)C(N)=O.O=C=O. The van der Waals surface area contributed by atoms with Crippen molar-refractivity contribution < 1.29 is 38.7 Å². The lowest BCUT2D eigenvalue weighted by Gasteiger charge is -2.20. The summed E-state index contributed by atoms with van der Waals surface area (Å²) in [6.07, 6.45) is 3.42. The smallest absolute Gasteiger partial charge is 0.373 e. The van der Waals surface area contributed by atoms with Gasteiger partial charge in [0.25, 0.3) is 0 Å². The van der Waals surface area contributed by atoms with Crippen LogP contribution < -0.4 is 11.1 Å². The van der Waals surface area contributed by atoms with E-state index in [2.05, 4.69) is 5.32 Å². The van der Waals surface area contributed by atoms with E-state index in [1.807, 2.05) is 13.8 Å². The number of hydrogen-bond donors (Lipinski definition) is 3. The van der Waals surface area contributed by atoms with Crippen LogP contribution in [0.5, 0.6) is 0 Å². The molecule has 1 rings (SSSR count). The molecule has 1 unspecified atom stereocenters. The monoisotopic (exact) mass is 488 g/mol. The Morgan fingerprint density at radius 1 is 1.06 bits per heavy atom. The molecule has 0 spiro atoms. The molecule has 35 heavy (non-hydrogen) atoms. The highest BCUT2D eigenvalue weighted by Gasteiger charge is 2.26. The van der Waals surface area contributed by atoms with Crippen molar-refractivity contribution in [3.63, 3.8) is 0 Å². The maximum absolute atomic E-state index is 12.6. The first-order valence-electron chi connectivity index (χ1n) is 11.1. The molecule has 10 heteroatoms. The third-order valence-electron chi connectivity index (χ3n) is 4.97. The Kier molecular flexibility index (Phi) is 14.8. The van der Waals surface area contributed by atoms with Crippen LogP contribution in [-0.4, -0.2) is 46.7 Å². The summed E-state index contributed by atoms with van der Waals surface area (Å²) in [7, 11) is 0. The molecule has 0 fully saturated rings. The van der Waals surface area contributed by atoms with Crippen molar-refractivity contribution in [1.82, 2.24) is 5.32 Å². The van der Waals surface area contributed by atoms with E-state index in [0.717, 1.165) is 6.08 Å². The van der Waals surface area contributed by atoms with Crippen LogP contribution in [-0.2, 0) is 28.8 Å². The van der Waals surface area contributed by atoms with Gasteiger partial charge in [0.15, 0.2) is 11.6 Å². The van der Waals surface area contributed by atoms with E-state index in [1.165, 1.54) is 6.08 Å². The highest BCUT2D eigenvalue weighted by atomic mass is 16.4. The third kappa shape index (κ3) is 13.4. The summed E-state index contributed by atoms with van der Waals surface area (Å²) in [5, 5.41) is 11.3. The van der Waals surface area contributed by atoms with Crippen LogP contribution in [0.2, 0.25) is 0 Å². The van der Waals surface area contributed by atoms with E-state index in [1.54, 1.807) is 31.2 Å². The lowest BCUT2D eigenvalue weighted by molar-refractivity contribution is -0.191. The number of carbonyl (C=O) groups excluding carboxylic acids is 6. The molecule has 4 N–H and O–H groups in total. The fraction of sp³-hybridized carbons (Fsp3) is 0.440. The van der Waals surface area contributed by atoms with E-state index in [9.17, 15) is 24.0 Å². The molecule has 0 aliphatic rings. The molecule has 1 aromatic carbocycles. The van der Waals surface area contributed by atoms with Gasteiger partial charge < -0.3 is 16.2 Å². The molecule has 2 atom stereocenters. The maximum atomic E-state index is 12.6.